The number of sulfonamides is 1. The molecule has 1 fully saturated rings. The van der Waals surface area contributed by atoms with Gasteiger partial charge in [-0.2, -0.15) is 9.40 Å². The quantitative estimate of drug-likeness (QED) is 0.646. The number of hydrogen-bond donors (Lipinski definition) is 1. The van der Waals surface area contributed by atoms with Crippen LogP contribution in [0.15, 0.2) is 58.6 Å². The van der Waals surface area contributed by atoms with E-state index in [-0.39, 0.29) is 16.2 Å². The molecular weight excluding hydrogens is 410 g/mol. The summed E-state index contributed by atoms with van der Waals surface area (Å²) in [7, 11) is -3.65. The van der Waals surface area contributed by atoms with Gasteiger partial charge in [0, 0.05) is 6.54 Å². The maximum atomic E-state index is 12.9. The summed E-state index contributed by atoms with van der Waals surface area (Å²) in [4.78, 5) is 16.8. The first-order chi connectivity index (χ1) is 14.0. The van der Waals surface area contributed by atoms with Gasteiger partial charge >= 0.3 is 0 Å². The van der Waals surface area contributed by atoms with Gasteiger partial charge in [0.15, 0.2) is 0 Å². The summed E-state index contributed by atoms with van der Waals surface area (Å²) in [6, 6.07) is 9.97. The van der Waals surface area contributed by atoms with E-state index in [0.29, 0.717) is 19.4 Å². The van der Waals surface area contributed by atoms with Crippen molar-refractivity contribution in [2.24, 2.45) is 0 Å². The lowest BCUT2D eigenvalue weighted by Crippen LogP contribution is -2.46. The first-order valence-electron chi connectivity index (χ1n) is 9.27. The molecule has 2 atom stereocenters. The van der Waals surface area contributed by atoms with Crippen molar-refractivity contribution in [1.82, 2.24) is 24.4 Å². The fraction of sp³-hybridized carbons (Fsp3) is 0.316. The zero-order valence-electron chi connectivity index (χ0n) is 15.8. The van der Waals surface area contributed by atoms with Crippen LogP contribution in [0.25, 0.3) is 5.69 Å². The highest BCUT2D eigenvalue weighted by atomic mass is 32.2. The molecule has 10 heteroatoms. The highest BCUT2D eigenvalue weighted by molar-refractivity contribution is 7.91. The van der Waals surface area contributed by atoms with Gasteiger partial charge in [-0.1, -0.05) is 18.2 Å². The first-order valence-corrected chi connectivity index (χ1v) is 11.6. The average Bonchev–Trinajstić information content (AvgIpc) is 3.50. The summed E-state index contributed by atoms with van der Waals surface area (Å²) >= 11 is 1.17. The van der Waals surface area contributed by atoms with Gasteiger partial charge in [-0.05, 0) is 48.9 Å². The smallest absolute Gasteiger partial charge is 0.253 e. The minimum Gasteiger partial charge on any atom is -0.348 e. The Kier molecular flexibility index (Phi) is 5.48. The van der Waals surface area contributed by atoms with Crippen LogP contribution in [0.5, 0.6) is 0 Å². The first kappa shape index (κ1) is 19.7. The number of nitrogens with one attached hydrogen (secondary N) is 1. The summed E-state index contributed by atoms with van der Waals surface area (Å²) < 4.78 is 29.0. The Labute approximate surface area is 173 Å². The number of aromatic nitrogens is 3. The highest BCUT2D eigenvalue weighted by Crippen LogP contribution is 2.29. The molecule has 0 bridgehead atoms. The predicted octanol–water partition coefficient (Wildman–Crippen LogP) is 2.36. The maximum absolute atomic E-state index is 12.9. The van der Waals surface area contributed by atoms with E-state index in [1.165, 1.54) is 22.0 Å². The number of thiophene rings is 1. The largest absolute Gasteiger partial charge is 0.348 e. The van der Waals surface area contributed by atoms with Gasteiger partial charge in [-0.25, -0.2) is 18.1 Å². The molecule has 1 aliphatic rings. The van der Waals surface area contributed by atoms with E-state index in [4.69, 9.17) is 0 Å². The number of amides is 1. The van der Waals surface area contributed by atoms with E-state index in [1.54, 1.807) is 28.5 Å². The van der Waals surface area contributed by atoms with Gasteiger partial charge in [0.25, 0.3) is 10.0 Å². The van der Waals surface area contributed by atoms with Gasteiger partial charge < -0.3 is 5.32 Å². The third-order valence-corrected chi connectivity index (χ3v) is 8.28. The van der Waals surface area contributed by atoms with Gasteiger partial charge in [0.1, 0.15) is 22.9 Å². The van der Waals surface area contributed by atoms with Crippen molar-refractivity contribution in [3.05, 3.63) is 60.0 Å². The fourth-order valence-corrected chi connectivity index (χ4v) is 6.24. The molecule has 152 valence electrons. The van der Waals surface area contributed by atoms with Crippen molar-refractivity contribution in [2.45, 2.75) is 36.1 Å². The Hall–Kier alpha value is -2.56. The summed E-state index contributed by atoms with van der Waals surface area (Å²) in [6.45, 7) is 2.24. The van der Waals surface area contributed by atoms with Gasteiger partial charge in [0.05, 0.1) is 11.7 Å². The minimum absolute atomic E-state index is 0.251. The number of nitrogens with zero attached hydrogens (tertiary/aromatic N) is 4. The summed E-state index contributed by atoms with van der Waals surface area (Å²) in [5, 5.41) is 8.78. The van der Waals surface area contributed by atoms with Crippen molar-refractivity contribution < 1.29 is 13.2 Å². The number of rotatable bonds is 6. The van der Waals surface area contributed by atoms with E-state index in [2.05, 4.69) is 15.4 Å². The van der Waals surface area contributed by atoms with Crippen LogP contribution in [-0.2, 0) is 14.8 Å². The molecule has 1 saturated heterocycles. The van der Waals surface area contributed by atoms with E-state index in [1.807, 2.05) is 31.2 Å². The standard InChI is InChI=1S/C19H21N5O3S2/c1-14(15-6-8-16(9-7-15)23-13-20-12-21-23)22-19(25)17-4-2-10-24(17)29(26,27)18-5-3-11-28-18/h3,5-9,11-14,17H,2,4,10H2,1H3,(H,22,25). The van der Waals surface area contributed by atoms with E-state index in [0.717, 1.165) is 11.3 Å². The zero-order chi connectivity index (χ0) is 20.4. The van der Waals surface area contributed by atoms with Crippen LogP contribution >= 0.6 is 11.3 Å². The van der Waals surface area contributed by atoms with Crippen LogP contribution in [0.1, 0.15) is 31.4 Å². The van der Waals surface area contributed by atoms with Crippen LogP contribution < -0.4 is 5.32 Å². The van der Waals surface area contributed by atoms with Crippen LogP contribution in [0, 0.1) is 0 Å². The van der Waals surface area contributed by atoms with Crippen molar-refractivity contribution in [1.29, 1.82) is 0 Å². The van der Waals surface area contributed by atoms with Crippen LogP contribution in [0.2, 0.25) is 0 Å². The average molecular weight is 432 g/mol. The molecule has 0 saturated carbocycles. The van der Waals surface area contributed by atoms with E-state index in [9.17, 15) is 13.2 Å². The molecule has 4 rings (SSSR count). The Morgan fingerprint density at radius 1 is 1.28 bits per heavy atom. The Morgan fingerprint density at radius 3 is 2.72 bits per heavy atom. The normalized spacial score (nSPS) is 18.6. The Balaban J connectivity index is 1.45. The van der Waals surface area contributed by atoms with Gasteiger partial charge in [-0.3, -0.25) is 4.79 Å². The van der Waals surface area contributed by atoms with Gasteiger partial charge in [0.2, 0.25) is 5.91 Å². The molecule has 1 amide bonds. The maximum Gasteiger partial charge on any atom is 0.253 e. The number of carbonyl (C=O) groups is 1. The lowest BCUT2D eigenvalue weighted by Gasteiger charge is -2.24. The summed E-state index contributed by atoms with van der Waals surface area (Å²) in [6.07, 6.45) is 4.27. The predicted molar refractivity (Wildman–Crippen MR) is 109 cm³/mol. The third kappa shape index (κ3) is 3.96. The Morgan fingerprint density at radius 2 is 2.07 bits per heavy atom. The number of benzene rings is 1. The lowest BCUT2D eigenvalue weighted by molar-refractivity contribution is -0.124. The molecule has 2 unspecified atom stereocenters. The SMILES string of the molecule is CC(NC(=O)C1CCCN1S(=O)(=O)c1cccs1)c1ccc(-n2cncn2)cc1. The van der Waals surface area contributed by atoms with E-state index >= 15 is 0 Å². The second kappa shape index (κ2) is 8.05. The van der Waals surface area contributed by atoms with Gasteiger partial charge in [-0.15, -0.1) is 11.3 Å². The molecule has 1 aromatic carbocycles. The number of carbonyl (C=O) groups excluding carboxylic acids is 1. The third-order valence-electron chi connectivity index (χ3n) is 5.00. The highest BCUT2D eigenvalue weighted by Gasteiger charge is 2.40. The molecule has 0 radical (unpaired) electrons. The lowest BCUT2D eigenvalue weighted by atomic mass is 10.1. The fourth-order valence-electron chi connectivity index (χ4n) is 3.47. The molecular formula is C19H21N5O3S2. The summed E-state index contributed by atoms with van der Waals surface area (Å²) in [5.74, 6) is -0.268. The van der Waals surface area contributed by atoms with Crippen LogP contribution in [-0.4, -0.2) is 46.0 Å². The molecule has 3 heterocycles. The molecule has 3 aromatic rings. The van der Waals surface area contributed by atoms with Crippen LogP contribution in [0.4, 0.5) is 0 Å². The zero-order valence-corrected chi connectivity index (χ0v) is 17.4. The minimum atomic E-state index is -3.65. The van der Waals surface area contributed by atoms with Crippen molar-refractivity contribution in [3.8, 4) is 5.69 Å². The topological polar surface area (TPSA) is 97.2 Å². The molecule has 29 heavy (non-hydrogen) atoms. The molecule has 0 spiro atoms. The monoisotopic (exact) mass is 431 g/mol. The second-order valence-electron chi connectivity index (χ2n) is 6.87. The van der Waals surface area contributed by atoms with Crippen molar-refractivity contribution >= 4 is 27.3 Å². The van der Waals surface area contributed by atoms with Crippen LogP contribution in [0.3, 0.4) is 0 Å². The molecule has 1 aliphatic heterocycles. The molecule has 1 N–H and O–H groups in total. The second-order valence-corrected chi connectivity index (χ2v) is 9.93. The van der Waals surface area contributed by atoms with E-state index < -0.39 is 16.1 Å². The molecule has 2 aromatic heterocycles. The Bertz CT molecular complexity index is 1060. The molecule has 8 nitrogen and oxygen atoms in total. The number of hydrogen-bond acceptors (Lipinski definition) is 6. The summed E-state index contributed by atoms with van der Waals surface area (Å²) in [5.41, 5.74) is 1.79. The van der Waals surface area contributed by atoms with Crippen molar-refractivity contribution in [3.63, 3.8) is 0 Å². The van der Waals surface area contributed by atoms with Crippen molar-refractivity contribution in [2.75, 3.05) is 6.54 Å². The molecule has 0 aliphatic carbocycles.